The number of ether oxygens (including phenoxy) is 4. The SMILES string of the molecule is COc1cc2c3c(c1OC)-c1cc4c(cc1[C@H](O)[C@@H]3NCC2)OCO4. The van der Waals surface area contributed by atoms with Crippen molar-refractivity contribution < 1.29 is 24.1 Å². The number of nitrogens with one attached hydrogen (secondary N) is 1. The van der Waals surface area contributed by atoms with E-state index in [1.54, 1.807) is 14.2 Å². The van der Waals surface area contributed by atoms with Crippen LogP contribution in [0.3, 0.4) is 0 Å². The van der Waals surface area contributed by atoms with Crippen molar-refractivity contribution in [3.05, 3.63) is 34.9 Å². The zero-order valence-electron chi connectivity index (χ0n) is 14.1. The number of benzene rings is 2. The highest BCUT2D eigenvalue weighted by Gasteiger charge is 2.40. The monoisotopic (exact) mass is 341 g/mol. The van der Waals surface area contributed by atoms with Gasteiger partial charge in [-0.25, -0.2) is 0 Å². The quantitative estimate of drug-likeness (QED) is 0.874. The van der Waals surface area contributed by atoms with Gasteiger partial charge in [-0.15, -0.1) is 0 Å². The first kappa shape index (κ1) is 14.9. The standard InChI is InChI=1S/C19H19NO5/c1-22-14-5-9-3-4-20-17-15(9)16(19(14)23-2)10-6-12-13(25-8-24-12)7-11(10)18(17)21/h5-7,17-18,20-21H,3-4,8H2,1-2H3/t17-,18+/m1/s1. The number of aliphatic hydroxyl groups is 1. The molecule has 0 amide bonds. The third-order valence-corrected chi connectivity index (χ3v) is 5.31. The normalized spacial score (nSPS) is 22.2. The molecule has 1 aliphatic carbocycles. The summed E-state index contributed by atoms with van der Waals surface area (Å²) in [6.45, 7) is 1.01. The van der Waals surface area contributed by atoms with E-state index in [4.69, 9.17) is 18.9 Å². The predicted molar refractivity (Wildman–Crippen MR) is 90.5 cm³/mol. The summed E-state index contributed by atoms with van der Waals surface area (Å²) in [5.41, 5.74) is 4.95. The molecule has 2 aromatic carbocycles. The average molecular weight is 341 g/mol. The Labute approximate surface area is 145 Å². The van der Waals surface area contributed by atoms with Crippen molar-refractivity contribution in [1.29, 1.82) is 0 Å². The Morgan fingerprint density at radius 2 is 1.92 bits per heavy atom. The van der Waals surface area contributed by atoms with E-state index in [0.29, 0.717) is 23.0 Å². The van der Waals surface area contributed by atoms with Crippen molar-refractivity contribution in [2.24, 2.45) is 0 Å². The van der Waals surface area contributed by atoms with Crippen molar-refractivity contribution in [3.8, 4) is 34.1 Å². The minimum Gasteiger partial charge on any atom is -0.493 e. The van der Waals surface area contributed by atoms with Crippen LogP contribution in [0.1, 0.15) is 28.8 Å². The van der Waals surface area contributed by atoms with Crippen molar-refractivity contribution in [1.82, 2.24) is 5.32 Å². The van der Waals surface area contributed by atoms with E-state index in [1.165, 1.54) is 5.56 Å². The Hall–Kier alpha value is -2.44. The van der Waals surface area contributed by atoms with E-state index in [2.05, 4.69) is 5.32 Å². The smallest absolute Gasteiger partial charge is 0.231 e. The van der Waals surface area contributed by atoms with Crippen LogP contribution >= 0.6 is 0 Å². The van der Waals surface area contributed by atoms with Crippen molar-refractivity contribution in [2.75, 3.05) is 27.6 Å². The maximum Gasteiger partial charge on any atom is 0.231 e. The number of aliphatic hydroxyl groups excluding tert-OH is 1. The molecule has 2 heterocycles. The van der Waals surface area contributed by atoms with Crippen LogP contribution in [0.15, 0.2) is 18.2 Å². The molecule has 25 heavy (non-hydrogen) atoms. The topological polar surface area (TPSA) is 69.2 Å². The average Bonchev–Trinajstić information content (AvgIpc) is 3.10. The highest BCUT2D eigenvalue weighted by Crippen LogP contribution is 2.55. The molecular weight excluding hydrogens is 322 g/mol. The van der Waals surface area contributed by atoms with Gasteiger partial charge in [0.15, 0.2) is 23.0 Å². The molecule has 2 N–H and O–H groups in total. The van der Waals surface area contributed by atoms with Gasteiger partial charge in [-0.1, -0.05) is 0 Å². The number of fused-ring (bicyclic) bond motifs is 3. The third kappa shape index (κ3) is 1.92. The van der Waals surface area contributed by atoms with Crippen LogP contribution in [0.25, 0.3) is 11.1 Å². The highest BCUT2D eigenvalue weighted by atomic mass is 16.7. The third-order valence-electron chi connectivity index (χ3n) is 5.31. The summed E-state index contributed by atoms with van der Waals surface area (Å²) < 4.78 is 22.3. The van der Waals surface area contributed by atoms with Crippen molar-refractivity contribution in [3.63, 3.8) is 0 Å². The minimum atomic E-state index is -0.658. The van der Waals surface area contributed by atoms with E-state index in [9.17, 15) is 5.11 Å². The first-order chi connectivity index (χ1) is 12.2. The second kappa shape index (κ2) is 5.28. The molecule has 6 heteroatoms. The summed E-state index contributed by atoms with van der Waals surface area (Å²) in [6, 6.07) is 5.66. The first-order valence-corrected chi connectivity index (χ1v) is 8.36. The maximum atomic E-state index is 11.0. The Kier molecular flexibility index (Phi) is 3.14. The van der Waals surface area contributed by atoms with Crippen LogP contribution < -0.4 is 24.3 Å². The molecule has 0 saturated heterocycles. The van der Waals surface area contributed by atoms with Crippen LogP contribution in [-0.2, 0) is 6.42 Å². The van der Waals surface area contributed by atoms with Gasteiger partial charge < -0.3 is 29.4 Å². The van der Waals surface area contributed by atoms with Gasteiger partial charge in [0.1, 0.15) is 0 Å². The lowest BCUT2D eigenvalue weighted by atomic mass is 9.75. The van der Waals surface area contributed by atoms with Crippen molar-refractivity contribution >= 4 is 0 Å². The molecule has 5 rings (SSSR count). The van der Waals surface area contributed by atoms with Gasteiger partial charge in [0, 0.05) is 5.56 Å². The van der Waals surface area contributed by atoms with Crippen LogP contribution in [0.2, 0.25) is 0 Å². The summed E-state index contributed by atoms with van der Waals surface area (Å²) in [5, 5.41) is 14.5. The van der Waals surface area contributed by atoms with Crippen LogP contribution in [0, 0.1) is 0 Å². The Balaban J connectivity index is 1.87. The fraction of sp³-hybridized carbons (Fsp3) is 0.368. The van der Waals surface area contributed by atoms with Crippen molar-refractivity contribution in [2.45, 2.75) is 18.6 Å². The molecule has 0 unspecified atom stereocenters. The molecule has 2 atom stereocenters. The zero-order valence-corrected chi connectivity index (χ0v) is 14.1. The van der Waals surface area contributed by atoms with Gasteiger partial charge in [-0.2, -0.15) is 0 Å². The molecule has 0 radical (unpaired) electrons. The Bertz CT molecular complexity index is 879. The van der Waals surface area contributed by atoms with Crippen LogP contribution in [0.5, 0.6) is 23.0 Å². The molecule has 130 valence electrons. The molecule has 0 bridgehead atoms. The van der Waals surface area contributed by atoms with E-state index < -0.39 is 6.10 Å². The lowest BCUT2D eigenvalue weighted by Gasteiger charge is -2.38. The Morgan fingerprint density at radius 1 is 1.12 bits per heavy atom. The number of hydrogen-bond acceptors (Lipinski definition) is 6. The summed E-state index contributed by atoms with van der Waals surface area (Å²) >= 11 is 0. The number of rotatable bonds is 2. The zero-order chi connectivity index (χ0) is 17.1. The molecular formula is C19H19NO5. The fourth-order valence-electron chi connectivity index (χ4n) is 4.22. The van der Waals surface area contributed by atoms with E-state index >= 15 is 0 Å². The molecule has 2 aromatic rings. The second-order valence-electron chi connectivity index (χ2n) is 6.48. The predicted octanol–water partition coefficient (Wildman–Crippen LogP) is 2.33. The summed E-state index contributed by atoms with van der Waals surface area (Å²) in [4.78, 5) is 0. The molecule has 0 aromatic heterocycles. The van der Waals surface area contributed by atoms with Gasteiger partial charge in [0.25, 0.3) is 0 Å². The van der Waals surface area contributed by atoms with Gasteiger partial charge in [0.2, 0.25) is 6.79 Å². The molecule has 0 spiro atoms. The second-order valence-corrected chi connectivity index (χ2v) is 6.48. The molecule has 0 saturated carbocycles. The lowest BCUT2D eigenvalue weighted by molar-refractivity contribution is 0.123. The first-order valence-electron chi connectivity index (χ1n) is 8.36. The Morgan fingerprint density at radius 3 is 2.68 bits per heavy atom. The number of methoxy groups -OCH3 is 2. The van der Waals surface area contributed by atoms with Gasteiger partial charge in [0.05, 0.1) is 26.4 Å². The molecule has 2 aliphatic heterocycles. The highest BCUT2D eigenvalue weighted by molar-refractivity contribution is 5.85. The summed E-state index contributed by atoms with van der Waals surface area (Å²) in [6.07, 6.45) is 0.223. The van der Waals surface area contributed by atoms with Gasteiger partial charge in [-0.05, 0) is 53.4 Å². The lowest BCUT2D eigenvalue weighted by Crippen LogP contribution is -2.36. The summed E-state index contributed by atoms with van der Waals surface area (Å²) in [7, 11) is 3.29. The summed E-state index contributed by atoms with van der Waals surface area (Å²) in [5.74, 6) is 2.74. The molecule has 3 aliphatic rings. The molecule has 6 nitrogen and oxygen atoms in total. The van der Waals surface area contributed by atoms with E-state index in [-0.39, 0.29) is 12.8 Å². The molecule has 0 fully saturated rings. The number of hydrogen-bond donors (Lipinski definition) is 2. The van der Waals surface area contributed by atoms with E-state index in [0.717, 1.165) is 35.2 Å². The minimum absolute atomic E-state index is 0.175. The largest absolute Gasteiger partial charge is 0.493 e. The van der Waals surface area contributed by atoms with E-state index in [1.807, 2.05) is 18.2 Å². The fourth-order valence-corrected chi connectivity index (χ4v) is 4.22. The van der Waals surface area contributed by atoms with Gasteiger partial charge in [-0.3, -0.25) is 0 Å². The maximum absolute atomic E-state index is 11.0. The van der Waals surface area contributed by atoms with Crippen LogP contribution in [-0.4, -0.2) is 32.7 Å². The van der Waals surface area contributed by atoms with Gasteiger partial charge >= 0.3 is 0 Å². The van der Waals surface area contributed by atoms with Crippen LogP contribution in [0.4, 0.5) is 0 Å².